The van der Waals surface area contributed by atoms with Crippen molar-refractivity contribution in [3.63, 3.8) is 0 Å². The lowest BCUT2D eigenvalue weighted by molar-refractivity contribution is 0.476. The number of aromatic hydroxyl groups is 1. The fraction of sp³-hybridized carbons (Fsp3) is 0.0769. The summed E-state index contributed by atoms with van der Waals surface area (Å²) in [4.78, 5) is 0. The first-order chi connectivity index (χ1) is 7.72. The van der Waals surface area contributed by atoms with Crippen LogP contribution in [-0.2, 0) is 6.54 Å². The number of rotatable bonds is 2. The zero-order chi connectivity index (χ0) is 11.5. The minimum atomic E-state index is 0.205. The van der Waals surface area contributed by atoms with Gasteiger partial charge < -0.3 is 10.8 Å². The highest BCUT2D eigenvalue weighted by atomic mass is 35.5. The van der Waals surface area contributed by atoms with Crippen molar-refractivity contribution in [1.29, 1.82) is 0 Å². The molecule has 0 unspecified atom stereocenters. The Kier molecular flexibility index (Phi) is 3.13. The predicted molar refractivity (Wildman–Crippen MR) is 66.4 cm³/mol. The third-order valence-electron chi connectivity index (χ3n) is 2.47. The van der Waals surface area contributed by atoms with Gasteiger partial charge in [-0.2, -0.15) is 0 Å². The van der Waals surface area contributed by atoms with E-state index in [0.717, 1.165) is 16.7 Å². The van der Waals surface area contributed by atoms with E-state index in [9.17, 15) is 5.11 Å². The van der Waals surface area contributed by atoms with Crippen LogP contribution in [0, 0.1) is 0 Å². The Hall–Kier alpha value is -1.51. The number of hydrogen-bond acceptors (Lipinski definition) is 2. The number of halogens is 1. The zero-order valence-electron chi connectivity index (χ0n) is 8.65. The van der Waals surface area contributed by atoms with Gasteiger partial charge in [0.1, 0.15) is 5.75 Å². The van der Waals surface area contributed by atoms with Crippen LogP contribution in [0.4, 0.5) is 0 Å². The van der Waals surface area contributed by atoms with Gasteiger partial charge in [0.2, 0.25) is 0 Å². The summed E-state index contributed by atoms with van der Waals surface area (Å²) in [6, 6.07) is 13.0. The average molecular weight is 234 g/mol. The summed E-state index contributed by atoms with van der Waals surface area (Å²) in [6.45, 7) is 0.321. The van der Waals surface area contributed by atoms with Crippen LogP contribution < -0.4 is 5.73 Å². The molecule has 0 aliphatic carbocycles. The molecule has 0 saturated carbocycles. The van der Waals surface area contributed by atoms with Gasteiger partial charge in [-0.25, -0.2) is 0 Å². The quantitative estimate of drug-likeness (QED) is 0.837. The molecule has 0 saturated heterocycles. The summed E-state index contributed by atoms with van der Waals surface area (Å²) in [5, 5.41) is 10.5. The van der Waals surface area contributed by atoms with Crippen LogP contribution >= 0.6 is 11.6 Å². The minimum Gasteiger partial charge on any atom is -0.507 e. The summed E-state index contributed by atoms with van der Waals surface area (Å²) < 4.78 is 0. The number of phenols is 1. The van der Waals surface area contributed by atoms with Crippen LogP contribution in [0.15, 0.2) is 42.5 Å². The van der Waals surface area contributed by atoms with Gasteiger partial charge in [0.15, 0.2) is 0 Å². The fourth-order valence-electron chi connectivity index (χ4n) is 1.61. The van der Waals surface area contributed by atoms with Gasteiger partial charge in [-0.05, 0) is 23.3 Å². The topological polar surface area (TPSA) is 46.2 Å². The van der Waals surface area contributed by atoms with Crippen molar-refractivity contribution in [1.82, 2.24) is 0 Å². The van der Waals surface area contributed by atoms with Crippen LogP contribution in [-0.4, -0.2) is 5.11 Å². The van der Waals surface area contributed by atoms with E-state index in [4.69, 9.17) is 17.3 Å². The Morgan fingerprint density at radius 2 is 1.81 bits per heavy atom. The van der Waals surface area contributed by atoms with Crippen molar-refractivity contribution >= 4 is 11.6 Å². The molecule has 0 spiro atoms. The van der Waals surface area contributed by atoms with Crippen LogP contribution in [0.1, 0.15) is 5.56 Å². The Balaban J connectivity index is 2.55. The monoisotopic (exact) mass is 233 g/mol. The van der Waals surface area contributed by atoms with E-state index in [1.54, 1.807) is 12.1 Å². The average Bonchev–Trinajstić information content (AvgIpc) is 2.32. The molecule has 0 aliphatic rings. The maximum absolute atomic E-state index is 9.89. The van der Waals surface area contributed by atoms with Gasteiger partial charge >= 0.3 is 0 Å². The van der Waals surface area contributed by atoms with Crippen molar-refractivity contribution in [3.05, 3.63) is 53.1 Å². The second-order valence-electron chi connectivity index (χ2n) is 3.53. The molecule has 3 N–H and O–H groups in total. The molecule has 0 aliphatic heterocycles. The third-order valence-corrected chi connectivity index (χ3v) is 2.82. The van der Waals surface area contributed by atoms with Crippen LogP contribution in [0.3, 0.4) is 0 Å². The van der Waals surface area contributed by atoms with Crippen molar-refractivity contribution in [2.45, 2.75) is 6.54 Å². The highest BCUT2D eigenvalue weighted by molar-refractivity contribution is 6.31. The molecular formula is C13H12ClNO. The minimum absolute atomic E-state index is 0.205. The normalized spacial score (nSPS) is 10.4. The molecule has 0 amide bonds. The highest BCUT2D eigenvalue weighted by Gasteiger charge is 2.08. The maximum Gasteiger partial charge on any atom is 0.123 e. The summed E-state index contributed by atoms with van der Waals surface area (Å²) in [7, 11) is 0. The van der Waals surface area contributed by atoms with Gasteiger partial charge in [-0.15, -0.1) is 0 Å². The molecule has 0 fully saturated rings. The lowest BCUT2D eigenvalue weighted by Gasteiger charge is -2.08. The SMILES string of the molecule is NCc1cc(O)c(-c2ccccc2)cc1Cl. The Morgan fingerprint density at radius 3 is 2.44 bits per heavy atom. The summed E-state index contributed by atoms with van der Waals surface area (Å²) in [5.41, 5.74) is 7.92. The molecule has 2 aromatic rings. The van der Waals surface area contributed by atoms with E-state index in [1.807, 2.05) is 30.3 Å². The molecule has 0 atom stereocenters. The molecule has 0 aromatic heterocycles. The standard InChI is InChI=1S/C13H12ClNO/c14-12-7-11(9-4-2-1-3-5-9)13(16)6-10(12)8-15/h1-7,16H,8,15H2. The molecule has 0 heterocycles. The third kappa shape index (κ3) is 2.03. The molecular weight excluding hydrogens is 222 g/mol. The second kappa shape index (κ2) is 4.56. The highest BCUT2D eigenvalue weighted by Crippen LogP contribution is 2.33. The first kappa shape index (κ1) is 11.0. The summed E-state index contributed by atoms with van der Waals surface area (Å²) in [6.07, 6.45) is 0. The van der Waals surface area contributed by atoms with Crippen LogP contribution in [0.2, 0.25) is 5.02 Å². The molecule has 2 rings (SSSR count). The summed E-state index contributed by atoms with van der Waals surface area (Å²) >= 11 is 6.06. The van der Waals surface area contributed by atoms with Gasteiger partial charge in [0.25, 0.3) is 0 Å². The molecule has 0 bridgehead atoms. The Labute approximate surface area is 99.3 Å². The first-order valence-corrected chi connectivity index (χ1v) is 5.37. The van der Waals surface area contributed by atoms with Crippen molar-refractivity contribution in [2.24, 2.45) is 5.73 Å². The van der Waals surface area contributed by atoms with Gasteiger partial charge in [0, 0.05) is 17.1 Å². The lowest BCUT2D eigenvalue weighted by atomic mass is 10.0. The number of nitrogens with two attached hydrogens (primary N) is 1. The number of hydrogen-bond donors (Lipinski definition) is 2. The zero-order valence-corrected chi connectivity index (χ0v) is 9.41. The molecule has 82 valence electrons. The van der Waals surface area contributed by atoms with E-state index < -0.39 is 0 Å². The predicted octanol–water partition coefficient (Wildman–Crippen LogP) is 3.17. The van der Waals surface area contributed by atoms with Crippen molar-refractivity contribution in [3.8, 4) is 16.9 Å². The van der Waals surface area contributed by atoms with Crippen LogP contribution in [0.25, 0.3) is 11.1 Å². The van der Waals surface area contributed by atoms with Gasteiger partial charge in [-0.1, -0.05) is 41.9 Å². The van der Waals surface area contributed by atoms with E-state index in [0.29, 0.717) is 11.6 Å². The van der Waals surface area contributed by atoms with Crippen molar-refractivity contribution in [2.75, 3.05) is 0 Å². The molecule has 16 heavy (non-hydrogen) atoms. The maximum atomic E-state index is 9.89. The Morgan fingerprint density at radius 1 is 1.12 bits per heavy atom. The molecule has 2 aromatic carbocycles. The first-order valence-electron chi connectivity index (χ1n) is 4.99. The smallest absolute Gasteiger partial charge is 0.123 e. The fourth-order valence-corrected chi connectivity index (χ4v) is 1.85. The molecule has 2 nitrogen and oxygen atoms in total. The van der Waals surface area contributed by atoms with E-state index >= 15 is 0 Å². The number of benzene rings is 2. The Bertz CT molecular complexity index is 497. The largest absolute Gasteiger partial charge is 0.507 e. The molecule has 0 radical (unpaired) electrons. The van der Waals surface area contributed by atoms with Gasteiger partial charge in [0.05, 0.1) is 0 Å². The van der Waals surface area contributed by atoms with Crippen molar-refractivity contribution < 1.29 is 5.11 Å². The lowest BCUT2D eigenvalue weighted by Crippen LogP contribution is -1.97. The second-order valence-corrected chi connectivity index (χ2v) is 3.94. The van der Waals surface area contributed by atoms with Gasteiger partial charge in [-0.3, -0.25) is 0 Å². The van der Waals surface area contributed by atoms with Crippen LogP contribution in [0.5, 0.6) is 5.75 Å². The molecule has 3 heteroatoms. The van der Waals surface area contributed by atoms with E-state index in [-0.39, 0.29) is 5.75 Å². The van der Waals surface area contributed by atoms with E-state index in [2.05, 4.69) is 0 Å². The van der Waals surface area contributed by atoms with E-state index in [1.165, 1.54) is 0 Å². The number of phenolic OH excluding ortho intramolecular Hbond substituents is 1. The summed E-state index contributed by atoms with van der Waals surface area (Å²) in [5.74, 6) is 0.205.